The summed E-state index contributed by atoms with van der Waals surface area (Å²) >= 11 is 0. The van der Waals surface area contributed by atoms with E-state index in [-0.39, 0.29) is 0 Å². The van der Waals surface area contributed by atoms with E-state index in [0.29, 0.717) is 11.4 Å². The number of hydrogen-bond acceptors (Lipinski definition) is 2. The van der Waals surface area contributed by atoms with Crippen LogP contribution in [0.15, 0.2) is 23.7 Å². The van der Waals surface area contributed by atoms with Crippen molar-refractivity contribution in [2.24, 2.45) is 4.99 Å². The first-order chi connectivity index (χ1) is 6.76. The van der Waals surface area contributed by atoms with Gasteiger partial charge in [0.1, 0.15) is 11.4 Å². The van der Waals surface area contributed by atoms with E-state index in [1.54, 1.807) is 19.3 Å². The molecule has 1 aromatic rings. The normalized spacial score (nSPS) is 8.86. The molecule has 0 bridgehead atoms. The molecule has 2 heteroatoms. The average molecular weight is 185 g/mol. The lowest BCUT2D eigenvalue weighted by atomic mass is 10.1. The molecule has 0 spiro atoms. The molecule has 0 aliphatic heterocycles. The molecule has 0 saturated heterocycles. The summed E-state index contributed by atoms with van der Waals surface area (Å²) in [6.07, 6.45) is 6.98. The summed E-state index contributed by atoms with van der Waals surface area (Å²) in [7, 11) is 1.57. The van der Waals surface area contributed by atoms with Crippen LogP contribution in [0.25, 0.3) is 6.08 Å². The third kappa shape index (κ3) is 1.67. The first-order valence-electron chi connectivity index (χ1n) is 4.04. The van der Waals surface area contributed by atoms with Gasteiger partial charge in [0.15, 0.2) is 0 Å². The summed E-state index contributed by atoms with van der Waals surface area (Å²) in [6.45, 7) is 7.15. The molecule has 0 fully saturated rings. The fourth-order valence-corrected chi connectivity index (χ4v) is 1.19. The van der Waals surface area contributed by atoms with Gasteiger partial charge in [0.05, 0.1) is 7.11 Å². The van der Waals surface area contributed by atoms with Crippen LogP contribution in [-0.4, -0.2) is 13.8 Å². The Kier molecular flexibility index (Phi) is 3.09. The predicted octanol–water partition coefficient (Wildman–Crippen LogP) is 2.65. The quantitative estimate of drug-likeness (QED) is 0.524. The molecular weight excluding hydrogens is 174 g/mol. The first-order valence-corrected chi connectivity index (χ1v) is 4.04. The largest absolute Gasteiger partial charge is 0.494 e. The fourth-order valence-electron chi connectivity index (χ4n) is 1.19. The molecule has 0 aliphatic carbocycles. The SMILES string of the molecule is C#Cc1cc(C=C)c(N=C)c(OC)c1. The Morgan fingerprint density at radius 3 is 2.71 bits per heavy atom. The highest BCUT2D eigenvalue weighted by molar-refractivity contribution is 5.73. The average Bonchev–Trinajstić information content (AvgIpc) is 2.26. The Morgan fingerprint density at radius 1 is 1.57 bits per heavy atom. The second kappa shape index (κ2) is 4.29. The molecule has 1 aromatic carbocycles. The minimum Gasteiger partial charge on any atom is -0.494 e. The highest BCUT2D eigenvalue weighted by Crippen LogP contribution is 2.33. The number of rotatable bonds is 3. The van der Waals surface area contributed by atoms with Gasteiger partial charge in [-0.2, -0.15) is 0 Å². The molecule has 2 nitrogen and oxygen atoms in total. The van der Waals surface area contributed by atoms with Crippen molar-refractivity contribution < 1.29 is 4.74 Å². The van der Waals surface area contributed by atoms with Crippen LogP contribution in [0.3, 0.4) is 0 Å². The highest BCUT2D eigenvalue weighted by atomic mass is 16.5. The van der Waals surface area contributed by atoms with Crippen molar-refractivity contribution >= 4 is 18.5 Å². The van der Waals surface area contributed by atoms with E-state index in [4.69, 9.17) is 11.2 Å². The molecule has 0 aromatic heterocycles. The monoisotopic (exact) mass is 185 g/mol. The Labute approximate surface area is 83.9 Å². The van der Waals surface area contributed by atoms with Crippen molar-refractivity contribution in [1.29, 1.82) is 0 Å². The van der Waals surface area contributed by atoms with E-state index in [9.17, 15) is 0 Å². The van der Waals surface area contributed by atoms with Gasteiger partial charge in [-0.15, -0.1) is 6.42 Å². The first kappa shape index (κ1) is 10.1. The molecule has 0 radical (unpaired) electrons. The minimum atomic E-state index is 0.616. The zero-order valence-electron chi connectivity index (χ0n) is 8.08. The lowest BCUT2D eigenvalue weighted by Gasteiger charge is -2.07. The summed E-state index contributed by atoms with van der Waals surface area (Å²) in [4.78, 5) is 3.87. The van der Waals surface area contributed by atoms with Crippen LogP contribution in [0, 0.1) is 12.3 Å². The van der Waals surface area contributed by atoms with Crippen molar-refractivity contribution in [3.8, 4) is 18.1 Å². The van der Waals surface area contributed by atoms with Crippen molar-refractivity contribution in [3.63, 3.8) is 0 Å². The summed E-state index contributed by atoms with van der Waals surface area (Å²) < 4.78 is 5.14. The van der Waals surface area contributed by atoms with Gasteiger partial charge in [-0.1, -0.05) is 18.6 Å². The second-order valence-corrected chi connectivity index (χ2v) is 2.62. The molecule has 0 unspecified atom stereocenters. The molecule has 0 heterocycles. The zero-order chi connectivity index (χ0) is 10.6. The maximum atomic E-state index is 5.30. The number of methoxy groups -OCH3 is 1. The molecule has 0 atom stereocenters. The van der Waals surface area contributed by atoms with Crippen LogP contribution in [0.2, 0.25) is 0 Å². The summed E-state index contributed by atoms with van der Waals surface area (Å²) in [5.74, 6) is 3.15. The van der Waals surface area contributed by atoms with Crippen molar-refractivity contribution in [2.75, 3.05) is 7.11 Å². The number of benzene rings is 1. The number of ether oxygens (including phenoxy) is 1. The van der Waals surface area contributed by atoms with Crippen molar-refractivity contribution in [3.05, 3.63) is 29.8 Å². The molecule has 14 heavy (non-hydrogen) atoms. The number of hydrogen-bond donors (Lipinski definition) is 0. The van der Waals surface area contributed by atoms with Crippen LogP contribution >= 0.6 is 0 Å². The van der Waals surface area contributed by atoms with Crippen LogP contribution in [0.4, 0.5) is 5.69 Å². The molecule has 0 aliphatic rings. The Morgan fingerprint density at radius 2 is 2.29 bits per heavy atom. The Bertz CT molecular complexity index is 413. The van der Waals surface area contributed by atoms with Crippen LogP contribution < -0.4 is 4.74 Å². The van der Waals surface area contributed by atoms with Crippen molar-refractivity contribution in [1.82, 2.24) is 0 Å². The molecular formula is C12H11NO. The van der Waals surface area contributed by atoms with E-state index in [0.717, 1.165) is 11.1 Å². The zero-order valence-corrected chi connectivity index (χ0v) is 8.08. The number of nitrogens with zero attached hydrogens (tertiary/aromatic N) is 1. The van der Waals surface area contributed by atoms with Crippen LogP contribution in [-0.2, 0) is 0 Å². The van der Waals surface area contributed by atoms with E-state index in [1.807, 2.05) is 6.07 Å². The Hall–Kier alpha value is -2.01. The molecule has 1 rings (SSSR count). The summed E-state index contributed by atoms with van der Waals surface area (Å²) in [5, 5.41) is 0. The molecule has 0 saturated carbocycles. The number of aliphatic imine (C=N–C) groups is 1. The second-order valence-electron chi connectivity index (χ2n) is 2.62. The molecule has 70 valence electrons. The maximum Gasteiger partial charge on any atom is 0.146 e. The Balaban J connectivity index is 3.48. The fraction of sp³-hybridized carbons (Fsp3) is 0.0833. The van der Waals surface area contributed by atoms with Gasteiger partial charge in [0, 0.05) is 11.1 Å². The van der Waals surface area contributed by atoms with E-state index >= 15 is 0 Å². The third-order valence-corrected chi connectivity index (χ3v) is 1.87. The van der Waals surface area contributed by atoms with E-state index in [1.165, 1.54) is 0 Å². The van der Waals surface area contributed by atoms with Gasteiger partial charge in [-0.05, 0) is 18.9 Å². The minimum absolute atomic E-state index is 0.616. The topological polar surface area (TPSA) is 21.6 Å². The lowest BCUT2D eigenvalue weighted by Crippen LogP contribution is -1.88. The number of terminal acetylenes is 1. The maximum absolute atomic E-state index is 5.30. The third-order valence-electron chi connectivity index (χ3n) is 1.87. The molecule has 0 amide bonds. The molecule has 0 N–H and O–H groups in total. The van der Waals surface area contributed by atoms with Gasteiger partial charge in [0.2, 0.25) is 0 Å². The van der Waals surface area contributed by atoms with Crippen molar-refractivity contribution in [2.45, 2.75) is 0 Å². The van der Waals surface area contributed by atoms with Gasteiger partial charge in [0.25, 0.3) is 0 Å². The van der Waals surface area contributed by atoms with Gasteiger partial charge in [-0.3, -0.25) is 4.99 Å². The lowest BCUT2D eigenvalue weighted by molar-refractivity contribution is 0.416. The standard InChI is InChI=1S/C12H11NO/c1-5-9-7-10(6-2)12(13-3)11(8-9)14-4/h1,6-8H,2-3H2,4H3. The van der Waals surface area contributed by atoms with E-state index < -0.39 is 0 Å². The van der Waals surface area contributed by atoms with E-state index in [2.05, 4.69) is 24.2 Å². The van der Waals surface area contributed by atoms with Crippen LogP contribution in [0.5, 0.6) is 5.75 Å². The van der Waals surface area contributed by atoms with Gasteiger partial charge in [-0.25, -0.2) is 0 Å². The summed E-state index contributed by atoms with van der Waals surface area (Å²) in [5.41, 5.74) is 2.23. The van der Waals surface area contributed by atoms with Gasteiger partial charge >= 0.3 is 0 Å². The summed E-state index contributed by atoms with van der Waals surface area (Å²) in [6, 6.07) is 3.57. The highest BCUT2D eigenvalue weighted by Gasteiger charge is 2.06. The predicted molar refractivity (Wildman–Crippen MR) is 60.2 cm³/mol. The van der Waals surface area contributed by atoms with Crippen LogP contribution in [0.1, 0.15) is 11.1 Å². The smallest absolute Gasteiger partial charge is 0.146 e. The van der Waals surface area contributed by atoms with Gasteiger partial charge < -0.3 is 4.74 Å².